The Morgan fingerprint density at radius 1 is 1.10 bits per heavy atom. The Morgan fingerprint density at radius 2 is 1.84 bits per heavy atom. The van der Waals surface area contributed by atoms with Crippen molar-refractivity contribution < 1.29 is 9.59 Å². The third-order valence-electron chi connectivity index (χ3n) is 6.49. The number of pyridine rings is 1. The lowest BCUT2D eigenvalue weighted by atomic mass is 9.93. The first-order chi connectivity index (χ1) is 15.1. The molecule has 1 aromatic carbocycles. The maximum absolute atomic E-state index is 13.4. The Morgan fingerprint density at radius 3 is 2.55 bits per heavy atom. The van der Waals surface area contributed by atoms with Crippen LogP contribution in [0.2, 0.25) is 0 Å². The van der Waals surface area contributed by atoms with E-state index in [2.05, 4.69) is 5.32 Å². The molecule has 0 radical (unpaired) electrons. The second kappa shape index (κ2) is 9.50. The largest absolute Gasteiger partial charge is 0.349 e. The molecule has 31 heavy (non-hydrogen) atoms. The fourth-order valence-electron chi connectivity index (χ4n) is 4.78. The van der Waals surface area contributed by atoms with Crippen LogP contribution in [0, 0.1) is 0 Å². The van der Waals surface area contributed by atoms with Crippen molar-refractivity contribution in [1.82, 2.24) is 14.8 Å². The summed E-state index contributed by atoms with van der Waals surface area (Å²) in [5.74, 6) is -0.162. The monoisotopic (exact) mass is 421 g/mol. The predicted octanol–water partition coefficient (Wildman–Crippen LogP) is 3.25. The molecule has 0 saturated heterocycles. The SMILES string of the molecule is CCC(=O)N1CCc2c(cn(Cc3ccccc3)c(=O)c2C(=O)NC2CCCCC2)C1. The molecule has 0 spiro atoms. The average molecular weight is 422 g/mol. The zero-order chi connectivity index (χ0) is 21.8. The molecular formula is C25H31N3O3. The Balaban J connectivity index is 1.71. The number of nitrogens with zero attached hydrogens (tertiary/aromatic N) is 2. The van der Waals surface area contributed by atoms with Crippen LogP contribution < -0.4 is 10.9 Å². The highest BCUT2D eigenvalue weighted by Gasteiger charge is 2.28. The normalized spacial score (nSPS) is 16.6. The third-order valence-corrected chi connectivity index (χ3v) is 6.49. The summed E-state index contributed by atoms with van der Waals surface area (Å²) in [5, 5.41) is 3.13. The van der Waals surface area contributed by atoms with Gasteiger partial charge in [0.25, 0.3) is 11.5 Å². The van der Waals surface area contributed by atoms with Gasteiger partial charge in [0.05, 0.1) is 6.54 Å². The van der Waals surface area contributed by atoms with E-state index in [1.54, 1.807) is 4.57 Å². The van der Waals surface area contributed by atoms with E-state index in [1.807, 2.05) is 48.4 Å². The summed E-state index contributed by atoms with van der Waals surface area (Å²) in [6.45, 7) is 3.25. The second-order valence-electron chi connectivity index (χ2n) is 8.65. The lowest BCUT2D eigenvalue weighted by Gasteiger charge is -2.31. The van der Waals surface area contributed by atoms with Gasteiger partial charge < -0.3 is 14.8 Å². The first kappa shape index (κ1) is 21.3. The summed E-state index contributed by atoms with van der Waals surface area (Å²) in [6.07, 6.45) is 8.21. The lowest BCUT2D eigenvalue weighted by Crippen LogP contribution is -2.43. The summed E-state index contributed by atoms with van der Waals surface area (Å²) >= 11 is 0. The van der Waals surface area contributed by atoms with Gasteiger partial charge >= 0.3 is 0 Å². The standard InChI is InChI=1S/C25H31N3O3/c1-2-22(29)27-14-13-21-19(16-27)17-28(15-18-9-5-3-6-10-18)25(31)23(21)24(30)26-20-11-7-4-8-12-20/h3,5-6,9-10,17,20H,2,4,7-8,11-16H2,1H3,(H,26,30). The van der Waals surface area contributed by atoms with Crippen LogP contribution in [0.3, 0.4) is 0 Å². The number of rotatable bonds is 5. The van der Waals surface area contributed by atoms with Gasteiger partial charge in [0.15, 0.2) is 0 Å². The van der Waals surface area contributed by atoms with Crippen LogP contribution in [0.25, 0.3) is 0 Å². The highest BCUT2D eigenvalue weighted by molar-refractivity contribution is 5.96. The topological polar surface area (TPSA) is 71.4 Å². The molecule has 0 bridgehead atoms. The molecular weight excluding hydrogens is 390 g/mol. The highest BCUT2D eigenvalue weighted by Crippen LogP contribution is 2.23. The molecule has 1 fully saturated rings. The first-order valence-electron chi connectivity index (χ1n) is 11.4. The first-order valence-corrected chi connectivity index (χ1v) is 11.4. The maximum atomic E-state index is 13.4. The van der Waals surface area contributed by atoms with Crippen LogP contribution in [0.15, 0.2) is 41.3 Å². The Labute approximate surface area is 183 Å². The van der Waals surface area contributed by atoms with Gasteiger partial charge in [-0.15, -0.1) is 0 Å². The van der Waals surface area contributed by atoms with E-state index in [0.29, 0.717) is 32.5 Å². The van der Waals surface area contributed by atoms with Crippen molar-refractivity contribution in [2.75, 3.05) is 6.54 Å². The fraction of sp³-hybridized carbons (Fsp3) is 0.480. The van der Waals surface area contributed by atoms with Crippen LogP contribution >= 0.6 is 0 Å². The lowest BCUT2D eigenvalue weighted by molar-refractivity contribution is -0.131. The van der Waals surface area contributed by atoms with Crippen LogP contribution in [0.4, 0.5) is 0 Å². The summed E-state index contributed by atoms with van der Waals surface area (Å²) in [7, 11) is 0. The molecule has 6 heteroatoms. The van der Waals surface area contributed by atoms with Gasteiger partial charge in [-0.05, 0) is 36.0 Å². The van der Waals surface area contributed by atoms with Gasteiger partial charge in [-0.3, -0.25) is 14.4 Å². The molecule has 0 unspecified atom stereocenters. The summed E-state index contributed by atoms with van der Waals surface area (Å²) in [6, 6.07) is 9.91. The summed E-state index contributed by atoms with van der Waals surface area (Å²) < 4.78 is 1.63. The van der Waals surface area contributed by atoms with E-state index in [-0.39, 0.29) is 29.0 Å². The van der Waals surface area contributed by atoms with E-state index in [9.17, 15) is 14.4 Å². The van der Waals surface area contributed by atoms with Gasteiger partial charge in [-0.1, -0.05) is 56.5 Å². The molecule has 0 atom stereocenters. The number of carbonyl (C=O) groups is 2. The zero-order valence-electron chi connectivity index (χ0n) is 18.2. The van der Waals surface area contributed by atoms with Gasteiger partial charge in [0.1, 0.15) is 5.56 Å². The minimum absolute atomic E-state index is 0.0969. The van der Waals surface area contributed by atoms with E-state index in [1.165, 1.54) is 6.42 Å². The van der Waals surface area contributed by atoms with Crippen molar-refractivity contribution in [3.05, 3.63) is 69.1 Å². The number of nitrogens with one attached hydrogen (secondary N) is 1. The van der Waals surface area contributed by atoms with Crippen LogP contribution in [-0.2, 0) is 24.3 Å². The average Bonchev–Trinajstić information content (AvgIpc) is 2.80. The Bertz CT molecular complexity index is 1010. The van der Waals surface area contributed by atoms with Crippen molar-refractivity contribution in [1.29, 1.82) is 0 Å². The summed E-state index contributed by atoms with van der Waals surface area (Å²) in [5.41, 5.74) is 2.73. The van der Waals surface area contributed by atoms with Crippen molar-refractivity contribution in [2.24, 2.45) is 0 Å². The molecule has 1 aromatic heterocycles. The molecule has 1 saturated carbocycles. The van der Waals surface area contributed by atoms with E-state index in [0.717, 1.165) is 42.4 Å². The van der Waals surface area contributed by atoms with Gasteiger partial charge in [0, 0.05) is 31.7 Å². The number of hydrogen-bond acceptors (Lipinski definition) is 3. The molecule has 164 valence electrons. The molecule has 1 aliphatic heterocycles. The highest BCUT2D eigenvalue weighted by atomic mass is 16.2. The smallest absolute Gasteiger partial charge is 0.264 e. The molecule has 6 nitrogen and oxygen atoms in total. The number of hydrogen-bond donors (Lipinski definition) is 1. The molecule has 2 aromatic rings. The van der Waals surface area contributed by atoms with Gasteiger partial charge in [0.2, 0.25) is 5.91 Å². The van der Waals surface area contributed by atoms with Crippen molar-refractivity contribution >= 4 is 11.8 Å². The Kier molecular flexibility index (Phi) is 6.54. The van der Waals surface area contributed by atoms with E-state index >= 15 is 0 Å². The minimum atomic E-state index is -0.258. The van der Waals surface area contributed by atoms with E-state index < -0.39 is 0 Å². The number of amides is 2. The number of fused-ring (bicyclic) bond motifs is 1. The number of carbonyl (C=O) groups excluding carboxylic acids is 2. The predicted molar refractivity (Wildman–Crippen MR) is 120 cm³/mol. The van der Waals surface area contributed by atoms with Crippen LogP contribution in [0.5, 0.6) is 0 Å². The maximum Gasteiger partial charge on any atom is 0.264 e. The Hall–Kier alpha value is -2.89. The minimum Gasteiger partial charge on any atom is -0.349 e. The van der Waals surface area contributed by atoms with Crippen molar-refractivity contribution in [3.63, 3.8) is 0 Å². The molecule has 2 amide bonds. The number of aromatic nitrogens is 1. The van der Waals surface area contributed by atoms with Crippen LogP contribution in [0.1, 0.15) is 72.5 Å². The molecule has 1 N–H and O–H groups in total. The quantitative estimate of drug-likeness (QED) is 0.806. The van der Waals surface area contributed by atoms with E-state index in [4.69, 9.17) is 0 Å². The second-order valence-corrected chi connectivity index (χ2v) is 8.65. The van der Waals surface area contributed by atoms with Crippen molar-refractivity contribution in [3.8, 4) is 0 Å². The molecule has 2 heterocycles. The molecule has 2 aliphatic rings. The summed E-state index contributed by atoms with van der Waals surface area (Å²) in [4.78, 5) is 40.8. The molecule has 4 rings (SSSR count). The van der Waals surface area contributed by atoms with Gasteiger partial charge in [-0.2, -0.15) is 0 Å². The fourth-order valence-corrected chi connectivity index (χ4v) is 4.78. The third kappa shape index (κ3) is 4.73. The van der Waals surface area contributed by atoms with Crippen molar-refractivity contribution in [2.45, 2.75) is 71.0 Å². The van der Waals surface area contributed by atoms with Gasteiger partial charge in [-0.25, -0.2) is 0 Å². The zero-order valence-corrected chi connectivity index (χ0v) is 18.2. The molecule has 1 aliphatic carbocycles. The van der Waals surface area contributed by atoms with Crippen LogP contribution in [-0.4, -0.2) is 33.9 Å². The number of benzene rings is 1.